The lowest BCUT2D eigenvalue weighted by Gasteiger charge is -2.12. The summed E-state index contributed by atoms with van der Waals surface area (Å²) in [5.74, 6) is 0.360. The van der Waals surface area contributed by atoms with Gasteiger partial charge in [-0.2, -0.15) is 0 Å². The number of rotatable bonds is 5. The van der Waals surface area contributed by atoms with E-state index in [2.05, 4.69) is 17.9 Å². The summed E-state index contributed by atoms with van der Waals surface area (Å²) in [6, 6.07) is 5.86. The third-order valence-corrected chi connectivity index (χ3v) is 6.24. The summed E-state index contributed by atoms with van der Waals surface area (Å²) in [5, 5.41) is 9.97. The molecule has 1 heterocycles. The number of phenols is 1. The second-order valence-corrected chi connectivity index (χ2v) is 7.91. The van der Waals surface area contributed by atoms with Crippen molar-refractivity contribution < 1.29 is 5.11 Å². The van der Waals surface area contributed by atoms with E-state index in [-0.39, 0.29) is 0 Å². The largest absolute Gasteiger partial charge is 0.508 e. The van der Waals surface area contributed by atoms with Gasteiger partial charge in [-0.05, 0) is 49.8 Å². The van der Waals surface area contributed by atoms with Crippen LogP contribution < -0.4 is 0 Å². The van der Waals surface area contributed by atoms with Gasteiger partial charge >= 0.3 is 0 Å². The van der Waals surface area contributed by atoms with Crippen LogP contribution in [0.15, 0.2) is 18.2 Å². The number of benzene rings is 1. The van der Waals surface area contributed by atoms with E-state index in [1.807, 2.05) is 20.2 Å². The lowest BCUT2D eigenvalue weighted by atomic mass is 10.0. The van der Waals surface area contributed by atoms with E-state index >= 15 is 0 Å². The molecule has 0 aliphatic carbocycles. The molecule has 0 fully saturated rings. The Balaban J connectivity index is 2.45. The molecule has 0 saturated carbocycles. The van der Waals surface area contributed by atoms with Crippen molar-refractivity contribution in [1.29, 1.82) is 0 Å². The molecule has 0 aliphatic rings. The molecule has 1 aromatic carbocycles. The van der Waals surface area contributed by atoms with Crippen molar-refractivity contribution in [2.45, 2.75) is 26.3 Å². The quantitative estimate of drug-likeness (QED) is 0.623. The monoisotopic (exact) mass is 325 g/mol. The minimum absolute atomic E-state index is 0.360. The van der Waals surface area contributed by atoms with Gasteiger partial charge in [-0.15, -0.1) is 0 Å². The predicted octanol–water partition coefficient (Wildman–Crippen LogP) is 4.93. The Morgan fingerprint density at radius 1 is 1.25 bits per heavy atom. The molecular formula is C15H19NOS3. The molecular weight excluding hydrogens is 306 g/mol. The molecule has 5 heteroatoms. The van der Waals surface area contributed by atoms with E-state index < -0.39 is 0 Å². The van der Waals surface area contributed by atoms with Gasteiger partial charge in [0.1, 0.15) is 9.57 Å². The van der Waals surface area contributed by atoms with Crippen LogP contribution in [0.1, 0.15) is 24.5 Å². The fraction of sp³-hybridized carbons (Fsp3) is 0.400. The Bertz CT molecular complexity index is 643. The standard InChI is InChI=1S/C15H19NOS3/c1-4-5-12-14(19-20-15(12)18)10-6-7-13(17)11(8-10)9-16(2)3/h6-8,17H,4-5,9H2,1-3H3. The third-order valence-electron chi connectivity index (χ3n) is 3.05. The Morgan fingerprint density at radius 3 is 2.65 bits per heavy atom. The molecule has 1 N–H and O–H groups in total. The molecule has 20 heavy (non-hydrogen) atoms. The third kappa shape index (κ3) is 3.47. The van der Waals surface area contributed by atoms with Crippen molar-refractivity contribution in [2.24, 2.45) is 0 Å². The van der Waals surface area contributed by atoms with Crippen molar-refractivity contribution in [1.82, 2.24) is 4.90 Å². The maximum atomic E-state index is 9.97. The first-order valence-corrected chi connectivity index (χ1v) is 9.17. The Labute approximate surface area is 132 Å². The number of phenolic OH excluding ortho intramolecular Hbond substituents is 1. The number of aromatic hydroxyl groups is 1. The minimum Gasteiger partial charge on any atom is -0.508 e. The molecule has 0 bridgehead atoms. The summed E-state index contributed by atoms with van der Waals surface area (Å²) in [6.45, 7) is 2.91. The topological polar surface area (TPSA) is 23.5 Å². The zero-order chi connectivity index (χ0) is 14.7. The molecule has 2 aromatic rings. The van der Waals surface area contributed by atoms with Crippen LogP contribution in [0.3, 0.4) is 0 Å². The number of nitrogens with zero attached hydrogens (tertiary/aromatic N) is 1. The van der Waals surface area contributed by atoms with Crippen molar-refractivity contribution in [3.63, 3.8) is 0 Å². The van der Waals surface area contributed by atoms with Crippen LogP contribution in [0.25, 0.3) is 10.4 Å². The van der Waals surface area contributed by atoms with Crippen molar-refractivity contribution >= 4 is 32.9 Å². The lowest BCUT2D eigenvalue weighted by Crippen LogP contribution is -2.10. The van der Waals surface area contributed by atoms with E-state index in [1.165, 1.54) is 16.0 Å². The van der Waals surface area contributed by atoms with Crippen LogP contribution in [-0.4, -0.2) is 24.1 Å². The van der Waals surface area contributed by atoms with Gasteiger partial charge in [0.25, 0.3) is 0 Å². The molecule has 0 unspecified atom stereocenters. The highest BCUT2D eigenvalue weighted by Gasteiger charge is 2.12. The van der Waals surface area contributed by atoms with Crippen LogP contribution in [-0.2, 0) is 13.0 Å². The van der Waals surface area contributed by atoms with Gasteiger partial charge in [-0.1, -0.05) is 46.2 Å². The van der Waals surface area contributed by atoms with Crippen LogP contribution in [0, 0.1) is 3.82 Å². The maximum absolute atomic E-state index is 9.97. The second-order valence-electron chi connectivity index (χ2n) is 5.09. The summed E-state index contributed by atoms with van der Waals surface area (Å²) in [5.41, 5.74) is 3.42. The summed E-state index contributed by atoms with van der Waals surface area (Å²) < 4.78 is 1.01. The summed E-state index contributed by atoms with van der Waals surface area (Å²) in [6.07, 6.45) is 2.13. The van der Waals surface area contributed by atoms with E-state index in [1.54, 1.807) is 26.7 Å². The molecule has 0 amide bonds. The predicted molar refractivity (Wildman–Crippen MR) is 91.5 cm³/mol. The summed E-state index contributed by atoms with van der Waals surface area (Å²) >= 11 is 5.44. The highest BCUT2D eigenvalue weighted by atomic mass is 32.9. The van der Waals surface area contributed by atoms with Gasteiger partial charge in [-0.25, -0.2) is 0 Å². The Morgan fingerprint density at radius 2 is 2.00 bits per heavy atom. The average molecular weight is 326 g/mol. The first kappa shape index (κ1) is 15.6. The Hall–Kier alpha value is -0.750. The smallest absolute Gasteiger partial charge is 0.120 e. The normalized spacial score (nSPS) is 11.2. The van der Waals surface area contributed by atoms with Crippen LogP contribution in [0.2, 0.25) is 0 Å². The molecule has 1 aromatic heterocycles. The maximum Gasteiger partial charge on any atom is 0.120 e. The average Bonchev–Trinajstić information content (AvgIpc) is 2.74. The molecule has 0 atom stereocenters. The summed E-state index contributed by atoms with van der Waals surface area (Å²) in [7, 11) is 7.42. The van der Waals surface area contributed by atoms with Crippen LogP contribution in [0.5, 0.6) is 5.75 Å². The molecule has 2 nitrogen and oxygen atoms in total. The lowest BCUT2D eigenvalue weighted by molar-refractivity contribution is 0.386. The molecule has 2 rings (SSSR count). The second kappa shape index (κ2) is 6.80. The zero-order valence-electron chi connectivity index (χ0n) is 12.0. The molecule has 0 spiro atoms. The van der Waals surface area contributed by atoms with Gasteiger partial charge in [0.2, 0.25) is 0 Å². The zero-order valence-corrected chi connectivity index (χ0v) is 14.4. The number of hydrogen-bond acceptors (Lipinski definition) is 5. The van der Waals surface area contributed by atoms with E-state index in [4.69, 9.17) is 12.2 Å². The van der Waals surface area contributed by atoms with Gasteiger partial charge in [0.05, 0.1) is 4.88 Å². The highest BCUT2D eigenvalue weighted by molar-refractivity contribution is 7.80. The van der Waals surface area contributed by atoms with Gasteiger partial charge < -0.3 is 10.0 Å². The summed E-state index contributed by atoms with van der Waals surface area (Å²) in [4.78, 5) is 3.32. The van der Waals surface area contributed by atoms with Gasteiger partial charge in [0.15, 0.2) is 0 Å². The molecule has 0 radical (unpaired) electrons. The molecule has 0 saturated heterocycles. The molecule has 108 valence electrons. The Kier molecular flexibility index (Phi) is 5.32. The highest BCUT2D eigenvalue weighted by Crippen LogP contribution is 2.37. The first-order valence-electron chi connectivity index (χ1n) is 6.62. The SMILES string of the molecule is CCCc1c(-c2ccc(O)c(CN(C)C)c2)ssc1=S. The van der Waals surface area contributed by atoms with Crippen molar-refractivity contribution in [3.8, 4) is 16.2 Å². The van der Waals surface area contributed by atoms with E-state index in [0.717, 1.165) is 28.8 Å². The van der Waals surface area contributed by atoms with Crippen molar-refractivity contribution in [2.75, 3.05) is 14.1 Å². The van der Waals surface area contributed by atoms with Crippen LogP contribution >= 0.6 is 32.9 Å². The van der Waals surface area contributed by atoms with E-state index in [9.17, 15) is 5.11 Å². The first-order chi connectivity index (χ1) is 9.52. The minimum atomic E-state index is 0.360. The number of hydrogen-bond donors (Lipinski definition) is 1. The van der Waals surface area contributed by atoms with E-state index in [0.29, 0.717) is 5.75 Å². The molecule has 0 aliphatic heterocycles. The van der Waals surface area contributed by atoms with Gasteiger partial charge in [0, 0.05) is 12.1 Å². The fourth-order valence-corrected chi connectivity index (χ4v) is 5.16. The van der Waals surface area contributed by atoms with Gasteiger partial charge in [-0.3, -0.25) is 0 Å². The van der Waals surface area contributed by atoms with Crippen molar-refractivity contribution in [3.05, 3.63) is 33.1 Å². The van der Waals surface area contributed by atoms with Crippen LogP contribution in [0.4, 0.5) is 0 Å². The fourth-order valence-electron chi connectivity index (χ4n) is 2.15.